The molecular formula is C22H24ClN3O3. The zero-order valence-electron chi connectivity index (χ0n) is 16.9. The summed E-state index contributed by atoms with van der Waals surface area (Å²) in [5, 5.41) is 7.29. The van der Waals surface area contributed by atoms with E-state index in [0.29, 0.717) is 22.7 Å². The maximum Gasteiger partial charge on any atom is 0.261 e. The Hall–Kier alpha value is -2.86. The molecule has 29 heavy (non-hydrogen) atoms. The van der Waals surface area contributed by atoms with Crippen molar-refractivity contribution in [2.45, 2.75) is 46.3 Å². The van der Waals surface area contributed by atoms with Crippen molar-refractivity contribution in [2.24, 2.45) is 0 Å². The monoisotopic (exact) mass is 413 g/mol. The highest BCUT2D eigenvalue weighted by atomic mass is 35.5. The minimum Gasteiger partial charge on any atom is -0.481 e. The highest BCUT2D eigenvalue weighted by Crippen LogP contribution is 2.28. The zero-order valence-corrected chi connectivity index (χ0v) is 17.7. The van der Waals surface area contributed by atoms with Crippen LogP contribution in [0, 0.1) is 6.92 Å². The number of ether oxygens (including phenoxy) is 1. The van der Waals surface area contributed by atoms with Gasteiger partial charge >= 0.3 is 0 Å². The molecule has 0 aliphatic carbocycles. The van der Waals surface area contributed by atoms with Gasteiger partial charge < -0.3 is 14.6 Å². The molecule has 0 saturated carbocycles. The van der Waals surface area contributed by atoms with E-state index in [1.54, 1.807) is 19.1 Å². The summed E-state index contributed by atoms with van der Waals surface area (Å²) in [5.74, 6) is 1.48. The fourth-order valence-corrected chi connectivity index (χ4v) is 3.03. The molecule has 0 spiro atoms. The van der Waals surface area contributed by atoms with Crippen molar-refractivity contribution in [3.63, 3.8) is 0 Å². The van der Waals surface area contributed by atoms with Crippen LogP contribution in [-0.2, 0) is 11.3 Å². The van der Waals surface area contributed by atoms with Crippen LogP contribution in [-0.4, -0.2) is 22.2 Å². The molecule has 0 aliphatic heterocycles. The molecule has 1 amide bonds. The molecule has 1 atom stereocenters. The Morgan fingerprint density at radius 3 is 2.72 bits per heavy atom. The average Bonchev–Trinajstić information content (AvgIpc) is 3.15. The number of nitrogens with zero attached hydrogens (tertiary/aromatic N) is 2. The lowest BCUT2D eigenvalue weighted by Crippen LogP contribution is -2.36. The third-order valence-electron chi connectivity index (χ3n) is 4.43. The molecule has 0 saturated heterocycles. The highest BCUT2D eigenvalue weighted by molar-refractivity contribution is 6.30. The summed E-state index contributed by atoms with van der Waals surface area (Å²) in [6.45, 7) is 8.01. The van der Waals surface area contributed by atoms with E-state index in [0.717, 1.165) is 22.4 Å². The lowest BCUT2D eigenvalue weighted by atomic mass is 10.0. The lowest BCUT2D eigenvalue weighted by Gasteiger charge is -2.19. The molecule has 1 N–H and O–H groups in total. The van der Waals surface area contributed by atoms with Gasteiger partial charge in [-0.3, -0.25) is 4.79 Å². The number of halogens is 1. The van der Waals surface area contributed by atoms with Gasteiger partial charge in [0.2, 0.25) is 11.7 Å². The van der Waals surface area contributed by atoms with Crippen molar-refractivity contribution in [3.05, 3.63) is 64.5 Å². The molecule has 0 bridgehead atoms. The molecule has 152 valence electrons. The number of hydrogen-bond donors (Lipinski definition) is 1. The Labute approximate surface area is 175 Å². The summed E-state index contributed by atoms with van der Waals surface area (Å²) in [7, 11) is 0. The second-order valence-corrected chi connectivity index (χ2v) is 7.63. The molecule has 0 aliphatic rings. The Bertz CT molecular complexity index is 1000. The van der Waals surface area contributed by atoms with E-state index < -0.39 is 6.10 Å². The van der Waals surface area contributed by atoms with Crippen LogP contribution in [0.15, 0.2) is 47.0 Å². The molecule has 0 unspecified atom stereocenters. The first-order valence-corrected chi connectivity index (χ1v) is 9.84. The van der Waals surface area contributed by atoms with Crippen molar-refractivity contribution >= 4 is 17.5 Å². The number of amides is 1. The predicted molar refractivity (Wildman–Crippen MR) is 112 cm³/mol. The van der Waals surface area contributed by atoms with Crippen molar-refractivity contribution in [3.8, 4) is 17.1 Å². The van der Waals surface area contributed by atoms with Crippen molar-refractivity contribution in [1.29, 1.82) is 0 Å². The van der Waals surface area contributed by atoms with Crippen molar-refractivity contribution in [1.82, 2.24) is 15.5 Å². The molecule has 2 aromatic carbocycles. The van der Waals surface area contributed by atoms with Crippen LogP contribution >= 0.6 is 11.6 Å². The maximum absolute atomic E-state index is 12.5. The summed E-state index contributed by atoms with van der Waals surface area (Å²) < 4.78 is 11.1. The fourth-order valence-electron chi connectivity index (χ4n) is 2.84. The normalized spacial score (nSPS) is 12.1. The fraction of sp³-hybridized carbons (Fsp3) is 0.318. The number of carbonyl (C=O) groups excluding carboxylic acids is 1. The lowest BCUT2D eigenvalue weighted by molar-refractivity contribution is -0.127. The molecule has 3 rings (SSSR count). The SMILES string of the molecule is Cc1ccc(C(C)C)c(O[C@@H](C)C(=O)NCc2nc(-c3cccc(Cl)c3)no2)c1. The van der Waals surface area contributed by atoms with E-state index in [9.17, 15) is 4.79 Å². The van der Waals surface area contributed by atoms with E-state index in [2.05, 4.69) is 29.3 Å². The van der Waals surface area contributed by atoms with Gasteiger partial charge in [0.1, 0.15) is 5.75 Å². The van der Waals surface area contributed by atoms with Crippen LogP contribution < -0.4 is 10.1 Å². The number of hydrogen-bond acceptors (Lipinski definition) is 5. The van der Waals surface area contributed by atoms with Crippen LogP contribution in [0.3, 0.4) is 0 Å². The Kier molecular flexibility index (Phi) is 6.54. The van der Waals surface area contributed by atoms with Crippen LogP contribution in [0.25, 0.3) is 11.4 Å². The molecule has 1 heterocycles. The predicted octanol–water partition coefficient (Wildman–Crippen LogP) is 4.91. The Balaban J connectivity index is 1.61. The second-order valence-electron chi connectivity index (χ2n) is 7.20. The molecule has 1 aromatic heterocycles. The van der Waals surface area contributed by atoms with Gasteiger partial charge in [-0.2, -0.15) is 4.98 Å². The quantitative estimate of drug-likeness (QED) is 0.595. The zero-order chi connectivity index (χ0) is 21.0. The van der Waals surface area contributed by atoms with Crippen LogP contribution in [0.4, 0.5) is 0 Å². The molecule has 0 radical (unpaired) electrons. The standard InChI is InChI=1S/C22H24ClN3O3/c1-13(2)18-9-8-14(3)10-19(18)28-15(4)22(27)24-12-20-25-21(26-29-20)16-6-5-7-17(23)11-16/h5-11,13,15H,12H2,1-4H3,(H,24,27)/t15-/m0/s1. The minimum atomic E-state index is -0.662. The van der Waals surface area contributed by atoms with Gasteiger partial charge in [-0.25, -0.2) is 0 Å². The van der Waals surface area contributed by atoms with Gasteiger partial charge in [0.15, 0.2) is 6.10 Å². The van der Waals surface area contributed by atoms with Crippen LogP contribution in [0.1, 0.15) is 43.7 Å². The molecule has 6 nitrogen and oxygen atoms in total. The van der Waals surface area contributed by atoms with Gasteiger partial charge in [0, 0.05) is 10.6 Å². The van der Waals surface area contributed by atoms with E-state index >= 15 is 0 Å². The first kappa shape index (κ1) is 20.9. The highest BCUT2D eigenvalue weighted by Gasteiger charge is 2.18. The number of nitrogens with one attached hydrogen (secondary N) is 1. The molecular weight excluding hydrogens is 390 g/mol. The van der Waals surface area contributed by atoms with Gasteiger partial charge in [0.25, 0.3) is 5.91 Å². The molecule has 0 fully saturated rings. The Morgan fingerprint density at radius 2 is 2.00 bits per heavy atom. The van der Waals surface area contributed by atoms with Crippen molar-refractivity contribution in [2.75, 3.05) is 0 Å². The summed E-state index contributed by atoms with van der Waals surface area (Å²) >= 11 is 5.99. The van der Waals surface area contributed by atoms with Crippen LogP contribution in [0.2, 0.25) is 5.02 Å². The van der Waals surface area contributed by atoms with E-state index in [4.69, 9.17) is 20.9 Å². The third kappa shape index (κ3) is 5.35. The van der Waals surface area contributed by atoms with Gasteiger partial charge in [-0.05, 0) is 49.1 Å². The van der Waals surface area contributed by atoms with E-state index in [-0.39, 0.29) is 12.5 Å². The largest absolute Gasteiger partial charge is 0.481 e. The van der Waals surface area contributed by atoms with Crippen molar-refractivity contribution < 1.29 is 14.1 Å². The van der Waals surface area contributed by atoms with Gasteiger partial charge in [-0.1, -0.05) is 54.9 Å². The Morgan fingerprint density at radius 1 is 1.21 bits per heavy atom. The number of rotatable bonds is 7. The van der Waals surface area contributed by atoms with E-state index in [1.165, 1.54) is 0 Å². The topological polar surface area (TPSA) is 77.2 Å². The van der Waals surface area contributed by atoms with E-state index in [1.807, 2.05) is 37.3 Å². The molecule has 7 heteroatoms. The third-order valence-corrected chi connectivity index (χ3v) is 4.66. The first-order chi connectivity index (χ1) is 13.8. The summed E-state index contributed by atoms with van der Waals surface area (Å²) in [6.07, 6.45) is -0.662. The number of carbonyl (C=O) groups is 1. The summed E-state index contributed by atoms with van der Waals surface area (Å²) in [5.41, 5.74) is 2.89. The maximum atomic E-state index is 12.5. The summed E-state index contributed by atoms with van der Waals surface area (Å²) in [4.78, 5) is 16.8. The van der Waals surface area contributed by atoms with Gasteiger partial charge in [0.05, 0.1) is 6.54 Å². The number of aryl methyl sites for hydroxylation is 1. The average molecular weight is 414 g/mol. The first-order valence-electron chi connectivity index (χ1n) is 9.47. The smallest absolute Gasteiger partial charge is 0.261 e. The minimum absolute atomic E-state index is 0.116. The second kappa shape index (κ2) is 9.09. The van der Waals surface area contributed by atoms with Gasteiger partial charge in [-0.15, -0.1) is 0 Å². The molecule has 3 aromatic rings. The number of benzene rings is 2. The number of aromatic nitrogens is 2. The summed E-state index contributed by atoms with van der Waals surface area (Å²) in [6, 6.07) is 13.2. The van der Waals surface area contributed by atoms with Crippen LogP contribution in [0.5, 0.6) is 5.75 Å².